The van der Waals surface area contributed by atoms with E-state index in [0.717, 1.165) is 55.2 Å². The molecule has 14 heteroatoms. The summed E-state index contributed by atoms with van der Waals surface area (Å²) in [6.45, 7) is 9.52. The molecule has 4 aliphatic rings. The number of nitrogens with one attached hydrogen (secondary N) is 2. The summed E-state index contributed by atoms with van der Waals surface area (Å²) in [6.07, 6.45) is 9.31. The van der Waals surface area contributed by atoms with Crippen LogP contribution in [0, 0.1) is 5.41 Å². The van der Waals surface area contributed by atoms with Gasteiger partial charge in [-0.3, -0.25) is 24.0 Å². The first kappa shape index (κ1) is 49.8. The van der Waals surface area contributed by atoms with E-state index in [-0.39, 0.29) is 50.6 Å². The lowest BCUT2D eigenvalue weighted by atomic mass is 9.62. The predicted octanol–water partition coefficient (Wildman–Crippen LogP) is 7.62. The molecule has 3 aliphatic heterocycles. The Labute approximate surface area is 394 Å². The summed E-state index contributed by atoms with van der Waals surface area (Å²) in [7, 11) is 0. The summed E-state index contributed by atoms with van der Waals surface area (Å²) in [6, 6.07) is 20.2. The number of amides is 2. The molecular weight excluding hydrogens is 855 g/mol. The minimum absolute atomic E-state index is 0.0262. The van der Waals surface area contributed by atoms with Crippen LogP contribution in [0.1, 0.15) is 138 Å². The van der Waals surface area contributed by atoms with Crippen LogP contribution in [0.5, 0.6) is 5.75 Å². The monoisotopic (exact) mass is 923 g/mol. The molecule has 3 aromatic carbocycles. The van der Waals surface area contributed by atoms with Gasteiger partial charge in [-0.05, 0) is 86.9 Å². The van der Waals surface area contributed by atoms with Crippen LogP contribution in [0.3, 0.4) is 0 Å². The molecule has 1 saturated carbocycles. The van der Waals surface area contributed by atoms with Crippen molar-refractivity contribution in [2.75, 3.05) is 6.61 Å². The van der Waals surface area contributed by atoms with Gasteiger partial charge in [0.05, 0.1) is 19.2 Å². The minimum atomic E-state index is -1.39. The minimum Gasteiger partial charge on any atom is -0.508 e. The van der Waals surface area contributed by atoms with E-state index in [2.05, 4.69) is 24.5 Å². The van der Waals surface area contributed by atoms with Gasteiger partial charge in [0, 0.05) is 37.8 Å². The molecule has 1 aliphatic carbocycles. The number of hydroxylamine groups is 2. The number of allylic oxidation sites excluding steroid dienone is 1. The number of para-hydroxylation sites is 1. The van der Waals surface area contributed by atoms with Crippen molar-refractivity contribution in [3.8, 4) is 5.75 Å². The Hall–Kier alpha value is -5.12. The van der Waals surface area contributed by atoms with Crippen molar-refractivity contribution >= 4 is 29.8 Å². The van der Waals surface area contributed by atoms with Crippen LogP contribution < -0.4 is 10.6 Å². The zero-order chi connectivity index (χ0) is 47.8. The molecular formula is C53H69N3O11. The van der Waals surface area contributed by atoms with Gasteiger partial charge < -0.3 is 39.8 Å². The third-order valence-electron chi connectivity index (χ3n) is 13.3. The van der Waals surface area contributed by atoms with Crippen LogP contribution >= 0.6 is 0 Å². The molecule has 3 saturated heterocycles. The summed E-state index contributed by atoms with van der Waals surface area (Å²) < 4.78 is 25.6. The summed E-state index contributed by atoms with van der Waals surface area (Å²) in [5, 5.41) is 27.7. The highest BCUT2D eigenvalue weighted by atomic mass is 16.8. The molecule has 3 heterocycles. The largest absolute Gasteiger partial charge is 0.508 e. The first-order valence-corrected chi connectivity index (χ1v) is 24.2. The third-order valence-corrected chi connectivity index (χ3v) is 13.3. The van der Waals surface area contributed by atoms with Gasteiger partial charge in [-0.2, -0.15) is 5.06 Å². The molecule has 7 rings (SSSR count). The number of carbonyl (C=O) groups excluding carboxylic acids is 4. The number of fused-ring (bicyclic) bond motifs is 4. The first-order chi connectivity index (χ1) is 32.2. The lowest BCUT2D eigenvalue weighted by Gasteiger charge is -2.48. The second-order valence-electron chi connectivity index (χ2n) is 19.6. The summed E-state index contributed by atoms with van der Waals surface area (Å²) in [5.74, 6) is -2.45. The topological polar surface area (TPSA) is 182 Å². The van der Waals surface area contributed by atoms with Crippen LogP contribution in [0.2, 0.25) is 0 Å². The summed E-state index contributed by atoms with van der Waals surface area (Å²) in [4.78, 5) is 62.0. The lowest BCUT2D eigenvalue weighted by molar-refractivity contribution is -0.224. The van der Waals surface area contributed by atoms with Crippen LogP contribution in [-0.4, -0.2) is 93.5 Å². The van der Waals surface area contributed by atoms with Gasteiger partial charge in [-0.25, -0.2) is 0 Å². The molecule has 0 radical (unpaired) electrons. The fraction of sp³-hybridized carbons (Fsp3) is 0.547. The number of benzene rings is 3. The molecule has 7 atom stereocenters. The highest BCUT2D eigenvalue weighted by Gasteiger charge is 2.76. The van der Waals surface area contributed by atoms with Crippen LogP contribution in [0.15, 0.2) is 78.9 Å². The zero-order valence-corrected chi connectivity index (χ0v) is 39.7. The van der Waals surface area contributed by atoms with Crippen LogP contribution in [0.4, 0.5) is 0 Å². The Kier molecular flexibility index (Phi) is 16.3. The average molecular weight is 924 g/mol. The number of nitrogens with zero attached hydrogens (tertiary/aromatic N) is 1. The van der Waals surface area contributed by atoms with Crippen molar-refractivity contribution in [2.45, 2.75) is 173 Å². The summed E-state index contributed by atoms with van der Waals surface area (Å²) in [5.41, 5.74) is 1.57. The van der Waals surface area contributed by atoms with Crippen molar-refractivity contribution in [3.63, 3.8) is 0 Å². The lowest BCUT2D eigenvalue weighted by Crippen LogP contribution is -2.69. The van der Waals surface area contributed by atoms with Crippen molar-refractivity contribution in [3.05, 3.63) is 107 Å². The van der Waals surface area contributed by atoms with E-state index < -0.39 is 71.1 Å². The molecule has 14 nitrogen and oxygen atoms in total. The van der Waals surface area contributed by atoms with Crippen LogP contribution in [-0.2, 0) is 57.7 Å². The number of hydrogen-bond donors (Lipinski definition) is 4. The second-order valence-corrected chi connectivity index (χ2v) is 19.6. The van der Waals surface area contributed by atoms with E-state index in [9.17, 15) is 24.6 Å². The number of aromatic hydroxyl groups is 1. The number of aliphatic hydroxyl groups is 1. The van der Waals surface area contributed by atoms with Gasteiger partial charge in [0.25, 0.3) is 5.91 Å². The van der Waals surface area contributed by atoms with E-state index >= 15 is 4.79 Å². The molecule has 67 heavy (non-hydrogen) atoms. The Morgan fingerprint density at radius 1 is 0.925 bits per heavy atom. The molecule has 3 aromatic rings. The molecule has 2 amide bonds. The fourth-order valence-electron chi connectivity index (χ4n) is 9.95. The molecule has 2 unspecified atom stereocenters. The highest BCUT2D eigenvalue weighted by molar-refractivity contribution is 5.95. The zero-order valence-electron chi connectivity index (χ0n) is 39.7. The molecule has 362 valence electrons. The van der Waals surface area contributed by atoms with Gasteiger partial charge in [0.1, 0.15) is 41.2 Å². The van der Waals surface area contributed by atoms with Crippen molar-refractivity contribution in [2.24, 2.45) is 5.41 Å². The second kappa shape index (κ2) is 21.9. The molecule has 4 N–H and O–H groups in total. The highest BCUT2D eigenvalue weighted by Crippen LogP contribution is 2.58. The number of phenolic OH excluding ortho intramolecular Hbond substituents is 1. The Morgan fingerprint density at radius 2 is 1.64 bits per heavy atom. The van der Waals surface area contributed by atoms with Gasteiger partial charge in [0.2, 0.25) is 5.91 Å². The van der Waals surface area contributed by atoms with Crippen LogP contribution in [0.25, 0.3) is 6.08 Å². The molecule has 2 bridgehead atoms. The number of unbranched alkanes of at least 4 members (excludes halogenated alkanes) is 4. The third kappa shape index (κ3) is 11.8. The normalized spacial score (nSPS) is 24.5. The number of phenols is 1. The molecule has 0 spiro atoms. The van der Waals surface area contributed by atoms with Gasteiger partial charge in [-0.15, -0.1) is 0 Å². The molecule has 0 aromatic heterocycles. The predicted molar refractivity (Wildman–Crippen MR) is 251 cm³/mol. The molecule has 4 fully saturated rings. The van der Waals surface area contributed by atoms with Gasteiger partial charge in [-0.1, -0.05) is 106 Å². The number of esters is 2. The smallest absolute Gasteiger partial charge is 0.327 e. The standard InChI is InChI=1S/C53H69N3O11/c1-6-8-12-28-52(29-13-9-7-2)65-44-42-31-53(50(62)54-32-37-17-15-20-39(30-37)48(60)55-40(34-57)26-27-43(59)64-51(3,4)5)46(49(61)63-42)56(67-47(53)45(44)66-52)33-36-24-22-35(23-25-36)16-14-19-38-18-10-11-21-41(38)58/h10-11,14-18,20-25,30,40,42,44-47,57-58H,6-9,12-13,19,26-29,31-34H2,1-5H3,(H,54,62)(H,55,60)/t40-,42?,44-,45-,46-,47+,53?/m0/s1. The average Bonchev–Trinajstić information content (AvgIpc) is 3.86. The number of ether oxygens (including phenoxy) is 4. The Morgan fingerprint density at radius 3 is 2.33 bits per heavy atom. The van der Waals surface area contributed by atoms with Crippen molar-refractivity contribution < 1.29 is 53.2 Å². The SMILES string of the molecule is CCCCCC1(CCCCC)O[C@@H]2[C@H]3ON(Cc4ccc(C=CCc5ccccc5O)cc4)[C@H]4C(=O)OC(CC34C(=O)NCc3cccc(C(=O)N[C@H](CO)CCC(=O)OC(C)(C)C)c3)[C@@H]2O1. The van der Waals surface area contributed by atoms with E-state index in [1.54, 1.807) is 62.2 Å². The maximum absolute atomic E-state index is 15.1. The fourth-order valence-corrected chi connectivity index (χ4v) is 9.95. The van der Waals surface area contributed by atoms with E-state index in [1.807, 2.05) is 48.6 Å². The van der Waals surface area contributed by atoms with E-state index in [1.165, 1.54) is 0 Å². The van der Waals surface area contributed by atoms with E-state index in [4.69, 9.17) is 23.8 Å². The Bertz CT molecular complexity index is 2210. The van der Waals surface area contributed by atoms with Gasteiger partial charge >= 0.3 is 11.9 Å². The number of aliphatic hydroxyl groups excluding tert-OH is 1. The van der Waals surface area contributed by atoms with Gasteiger partial charge in [0.15, 0.2) is 11.8 Å². The Balaban J connectivity index is 1.10. The van der Waals surface area contributed by atoms with E-state index in [0.29, 0.717) is 30.4 Å². The van der Waals surface area contributed by atoms with Crippen molar-refractivity contribution in [1.29, 1.82) is 0 Å². The van der Waals surface area contributed by atoms with Crippen molar-refractivity contribution in [1.82, 2.24) is 15.7 Å². The number of hydrogen-bond acceptors (Lipinski definition) is 12. The maximum atomic E-state index is 15.1. The maximum Gasteiger partial charge on any atom is 0.327 e. The first-order valence-electron chi connectivity index (χ1n) is 24.2. The number of rotatable bonds is 22. The quantitative estimate of drug-likeness (QED) is 0.0573. The number of carbonyl (C=O) groups is 4. The summed E-state index contributed by atoms with van der Waals surface area (Å²) >= 11 is 0.